The molecule has 1 aliphatic carbocycles. The number of carbonyl (C=O) groups is 2. The van der Waals surface area contributed by atoms with Crippen LogP contribution in [0.3, 0.4) is 0 Å². The molecule has 1 unspecified atom stereocenters. The van der Waals surface area contributed by atoms with Gasteiger partial charge in [-0.3, -0.25) is 9.59 Å². The van der Waals surface area contributed by atoms with Crippen LogP contribution in [0.15, 0.2) is 0 Å². The lowest BCUT2D eigenvalue weighted by Gasteiger charge is -2.29. The quantitative estimate of drug-likeness (QED) is 0.725. The summed E-state index contributed by atoms with van der Waals surface area (Å²) < 4.78 is 0. The van der Waals surface area contributed by atoms with E-state index in [-0.39, 0.29) is 12.3 Å². The van der Waals surface area contributed by atoms with Gasteiger partial charge < -0.3 is 10.0 Å². The number of amides is 1. The van der Waals surface area contributed by atoms with Crippen LogP contribution in [0.5, 0.6) is 0 Å². The van der Waals surface area contributed by atoms with E-state index in [2.05, 4.69) is 0 Å². The average Bonchev–Trinajstić information content (AvgIpc) is 2.40. The number of carbonyl (C=O) groups excluding carboxylic acids is 1. The molecule has 0 aromatic carbocycles. The van der Waals surface area contributed by atoms with Crippen LogP contribution in [0.25, 0.3) is 0 Å². The lowest BCUT2D eigenvalue weighted by molar-refractivity contribution is -0.141. The fourth-order valence-corrected chi connectivity index (χ4v) is 2.10. The first kappa shape index (κ1) is 9.49. The van der Waals surface area contributed by atoms with Crippen LogP contribution in [-0.4, -0.2) is 35.0 Å². The van der Waals surface area contributed by atoms with Gasteiger partial charge >= 0.3 is 5.97 Å². The second-order valence-electron chi connectivity index (χ2n) is 4.33. The van der Waals surface area contributed by atoms with Gasteiger partial charge in [0.1, 0.15) is 0 Å². The molecule has 0 aromatic heterocycles. The van der Waals surface area contributed by atoms with Gasteiger partial charge in [-0.25, -0.2) is 0 Å². The third-order valence-corrected chi connectivity index (χ3v) is 3.27. The maximum atomic E-state index is 11.4. The van der Waals surface area contributed by atoms with Crippen LogP contribution in [0, 0.1) is 11.8 Å². The highest BCUT2D eigenvalue weighted by molar-refractivity contribution is 5.86. The maximum Gasteiger partial charge on any atom is 0.308 e. The van der Waals surface area contributed by atoms with Crippen LogP contribution < -0.4 is 0 Å². The fourth-order valence-electron chi connectivity index (χ4n) is 2.10. The molecule has 2 rings (SSSR count). The van der Waals surface area contributed by atoms with Crippen molar-refractivity contribution in [2.24, 2.45) is 11.8 Å². The number of hydrogen-bond donors (Lipinski definition) is 1. The Morgan fingerprint density at radius 3 is 2.64 bits per heavy atom. The molecule has 0 aromatic rings. The molecule has 0 spiro atoms. The molecule has 1 saturated heterocycles. The summed E-state index contributed by atoms with van der Waals surface area (Å²) in [4.78, 5) is 23.8. The zero-order chi connectivity index (χ0) is 10.1. The summed E-state index contributed by atoms with van der Waals surface area (Å²) in [5.41, 5.74) is 0. The number of carboxylic acids is 1. The van der Waals surface area contributed by atoms with Crippen LogP contribution in [0.2, 0.25) is 0 Å². The highest BCUT2D eigenvalue weighted by Crippen LogP contribution is 2.29. The van der Waals surface area contributed by atoms with Gasteiger partial charge in [0.25, 0.3) is 0 Å². The number of aliphatic carboxylic acids is 1. The Kier molecular flexibility index (Phi) is 2.44. The van der Waals surface area contributed by atoms with Gasteiger partial charge in [-0.05, 0) is 18.8 Å². The highest BCUT2D eigenvalue weighted by atomic mass is 16.4. The Hall–Kier alpha value is -1.06. The molecular weight excluding hydrogens is 182 g/mol. The van der Waals surface area contributed by atoms with E-state index in [1.807, 2.05) is 0 Å². The molecule has 2 fully saturated rings. The minimum absolute atomic E-state index is 0.0179. The molecule has 1 N–H and O–H groups in total. The maximum absolute atomic E-state index is 11.4. The molecule has 0 bridgehead atoms. The van der Waals surface area contributed by atoms with Crippen molar-refractivity contribution < 1.29 is 14.7 Å². The van der Waals surface area contributed by atoms with E-state index in [1.54, 1.807) is 4.90 Å². The van der Waals surface area contributed by atoms with Crippen molar-refractivity contribution in [1.82, 2.24) is 4.90 Å². The third kappa shape index (κ3) is 1.74. The second-order valence-corrected chi connectivity index (χ2v) is 4.33. The molecule has 4 heteroatoms. The lowest BCUT2D eigenvalue weighted by atomic mass is 9.85. The number of likely N-dealkylation sites (tertiary alicyclic amines) is 1. The molecular formula is C10H15NO3. The van der Waals surface area contributed by atoms with Crippen LogP contribution in [0.4, 0.5) is 0 Å². The van der Waals surface area contributed by atoms with Gasteiger partial charge in [0, 0.05) is 19.5 Å². The summed E-state index contributed by atoms with van der Waals surface area (Å²) in [6.45, 7) is 1.20. The highest BCUT2D eigenvalue weighted by Gasteiger charge is 2.35. The van der Waals surface area contributed by atoms with Crippen molar-refractivity contribution >= 4 is 11.9 Å². The monoisotopic (exact) mass is 197 g/mol. The average molecular weight is 197 g/mol. The number of rotatable bonds is 3. The lowest BCUT2D eigenvalue weighted by Crippen LogP contribution is -2.34. The van der Waals surface area contributed by atoms with E-state index in [1.165, 1.54) is 19.3 Å². The zero-order valence-corrected chi connectivity index (χ0v) is 8.11. The molecule has 78 valence electrons. The molecule has 1 heterocycles. The van der Waals surface area contributed by atoms with Gasteiger partial charge in [-0.2, -0.15) is 0 Å². The van der Waals surface area contributed by atoms with E-state index in [9.17, 15) is 9.59 Å². The standard InChI is InChI=1S/C10H15NO3/c12-9-4-8(10(13)14)6-11(9)5-7-2-1-3-7/h7-8H,1-6H2,(H,13,14). The van der Waals surface area contributed by atoms with E-state index in [4.69, 9.17) is 5.11 Å². The van der Waals surface area contributed by atoms with Crippen LogP contribution in [-0.2, 0) is 9.59 Å². The van der Waals surface area contributed by atoms with E-state index >= 15 is 0 Å². The van der Waals surface area contributed by atoms with Crippen LogP contribution >= 0.6 is 0 Å². The Morgan fingerprint density at radius 2 is 2.21 bits per heavy atom. The third-order valence-electron chi connectivity index (χ3n) is 3.27. The molecule has 1 amide bonds. The summed E-state index contributed by atoms with van der Waals surface area (Å²) in [6, 6.07) is 0. The molecule has 2 aliphatic rings. The molecule has 1 atom stereocenters. The fraction of sp³-hybridized carbons (Fsp3) is 0.800. The first-order chi connectivity index (χ1) is 6.66. The molecule has 0 radical (unpaired) electrons. The summed E-state index contributed by atoms with van der Waals surface area (Å²) >= 11 is 0. The van der Waals surface area contributed by atoms with Crippen molar-refractivity contribution in [3.8, 4) is 0 Å². The summed E-state index contributed by atoms with van der Waals surface area (Å²) in [5.74, 6) is -0.659. The van der Waals surface area contributed by atoms with Crippen molar-refractivity contribution in [1.29, 1.82) is 0 Å². The Bertz CT molecular complexity index is 260. The van der Waals surface area contributed by atoms with E-state index in [0.717, 1.165) is 6.54 Å². The second kappa shape index (κ2) is 3.59. The summed E-state index contributed by atoms with van der Waals surface area (Å²) in [6.07, 6.45) is 3.85. The van der Waals surface area contributed by atoms with Crippen molar-refractivity contribution in [3.63, 3.8) is 0 Å². The largest absolute Gasteiger partial charge is 0.481 e. The number of nitrogens with zero attached hydrogens (tertiary/aromatic N) is 1. The minimum atomic E-state index is -0.838. The zero-order valence-electron chi connectivity index (χ0n) is 8.11. The number of carboxylic acid groups (broad SMARTS) is 1. The van der Waals surface area contributed by atoms with Crippen molar-refractivity contribution in [2.75, 3.05) is 13.1 Å². The van der Waals surface area contributed by atoms with Crippen molar-refractivity contribution in [3.05, 3.63) is 0 Å². The normalized spacial score (nSPS) is 27.9. The topological polar surface area (TPSA) is 57.6 Å². The van der Waals surface area contributed by atoms with E-state index < -0.39 is 11.9 Å². The first-order valence-electron chi connectivity index (χ1n) is 5.17. The molecule has 1 saturated carbocycles. The Balaban J connectivity index is 1.87. The smallest absolute Gasteiger partial charge is 0.308 e. The molecule has 4 nitrogen and oxygen atoms in total. The first-order valence-corrected chi connectivity index (χ1v) is 5.17. The summed E-state index contributed by atoms with van der Waals surface area (Å²) in [5, 5.41) is 8.78. The minimum Gasteiger partial charge on any atom is -0.481 e. The molecule has 14 heavy (non-hydrogen) atoms. The van der Waals surface area contributed by atoms with Crippen LogP contribution in [0.1, 0.15) is 25.7 Å². The number of hydrogen-bond acceptors (Lipinski definition) is 2. The van der Waals surface area contributed by atoms with Gasteiger partial charge in [0.05, 0.1) is 5.92 Å². The SMILES string of the molecule is O=C(O)C1CC(=O)N(CC2CCC2)C1. The Morgan fingerprint density at radius 1 is 1.50 bits per heavy atom. The van der Waals surface area contributed by atoms with E-state index in [0.29, 0.717) is 12.5 Å². The predicted molar refractivity (Wildman–Crippen MR) is 49.7 cm³/mol. The summed E-state index contributed by atoms with van der Waals surface area (Å²) in [7, 11) is 0. The predicted octanol–water partition coefficient (Wildman–Crippen LogP) is 0.720. The molecule has 1 aliphatic heterocycles. The van der Waals surface area contributed by atoms with Gasteiger partial charge in [-0.15, -0.1) is 0 Å². The van der Waals surface area contributed by atoms with Crippen molar-refractivity contribution in [2.45, 2.75) is 25.7 Å². The van der Waals surface area contributed by atoms with Gasteiger partial charge in [0.2, 0.25) is 5.91 Å². The Labute approximate surface area is 82.9 Å². The van der Waals surface area contributed by atoms with Gasteiger partial charge in [-0.1, -0.05) is 6.42 Å². The van der Waals surface area contributed by atoms with Gasteiger partial charge in [0.15, 0.2) is 0 Å².